The minimum Gasteiger partial charge on any atom is -0.493 e. The first-order valence-electron chi connectivity index (χ1n) is 7.30. The molecule has 0 radical (unpaired) electrons. The van der Waals surface area contributed by atoms with E-state index in [4.69, 9.17) is 4.74 Å². The van der Waals surface area contributed by atoms with Crippen molar-refractivity contribution in [3.63, 3.8) is 0 Å². The van der Waals surface area contributed by atoms with Gasteiger partial charge in [-0.3, -0.25) is 0 Å². The zero-order valence-electron chi connectivity index (χ0n) is 11.8. The maximum absolute atomic E-state index is 5.72. The van der Waals surface area contributed by atoms with Crippen LogP contribution in [0.15, 0.2) is 41.8 Å². The molecule has 1 aliphatic heterocycles. The maximum Gasteiger partial charge on any atom is 0.122 e. The van der Waals surface area contributed by atoms with Crippen LogP contribution in [0.2, 0.25) is 0 Å². The lowest BCUT2D eigenvalue weighted by molar-refractivity contribution is 0.262. The normalized spacial score (nSPS) is 19.1. The van der Waals surface area contributed by atoms with Crippen LogP contribution in [0.4, 0.5) is 0 Å². The van der Waals surface area contributed by atoms with E-state index in [2.05, 4.69) is 48.0 Å². The molecule has 1 aromatic carbocycles. The highest BCUT2D eigenvalue weighted by Gasteiger charge is 2.21. The van der Waals surface area contributed by atoms with Crippen molar-refractivity contribution < 1.29 is 4.74 Å². The third-order valence-electron chi connectivity index (χ3n) is 3.88. The minimum atomic E-state index is 0.517. The van der Waals surface area contributed by atoms with E-state index in [1.807, 2.05) is 17.4 Å². The summed E-state index contributed by atoms with van der Waals surface area (Å²) in [5, 5.41) is 5.83. The summed E-state index contributed by atoms with van der Waals surface area (Å²) in [4.78, 5) is 1.46. The van der Waals surface area contributed by atoms with Crippen molar-refractivity contribution in [2.75, 3.05) is 13.2 Å². The van der Waals surface area contributed by atoms with Gasteiger partial charge in [-0.25, -0.2) is 0 Å². The highest BCUT2D eigenvalue weighted by Crippen LogP contribution is 2.32. The molecular formula is C17H21NOS. The fraction of sp³-hybridized carbons (Fsp3) is 0.412. The van der Waals surface area contributed by atoms with E-state index >= 15 is 0 Å². The van der Waals surface area contributed by atoms with Gasteiger partial charge in [-0.1, -0.05) is 24.3 Å². The quantitative estimate of drug-likeness (QED) is 0.902. The summed E-state index contributed by atoms with van der Waals surface area (Å²) in [5.74, 6) is 1.64. The summed E-state index contributed by atoms with van der Waals surface area (Å²) in [5.41, 5.74) is 1.36. The Morgan fingerprint density at radius 3 is 3.05 bits per heavy atom. The Hall–Kier alpha value is -1.32. The number of nitrogens with one attached hydrogen (secondary N) is 1. The number of para-hydroxylation sites is 1. The molecule has 0 bridgehead atoms. The number of rotatable bonds is 5. The second-order valence-electron chi connectivity index (χ2n) is 5.46. The van der Waals surface area contributed by atoms with Crippen molar-refractivity contribution >= 4 is 11.3 Å². The van der Waals surface area contributed by atoms with E-state index in [1.165, 1.54) is 10.4 Å². The van der Waals surface area contributed by atoms with Crippen molar-refractivity contribution in [1.29, 1.82) is 0 Å². The van der Waals surface area contributed by atoms with Crippen LogP contribution in [0.5, 0.6) is 5.75 Å². The molecule has 3 rings (SSSR count). The number of hydrogen-bond donors (Lipinski definition) is 1. The summed E-state index contributed by atoms with van der Waals surface area (Å²) >= 11 is 1.84. The van der Waals surface area contributed by atoms with Gasteiger partial charge in [0.2, 0.25) is 0 Å². The fourth-order valence-electron chi connectivity index (χ4n) is 2.77. The minimum absolute atomic E-state index is 0.517. The SMILES string of the molecule is CC(Cc1cccs1)NCC1CCOc2ccccc21. The first-order chi connectivity index (χ1) is 9.83. The lowest BCUT2D eigenvalue weighted by Gasteiger charge is -2.27. The lowest BCUT2D eigenvalue weighted by Crippen LogP contribution is -2.33. The van der Waals surface area contributed by atoms with E-state index in [1.54, 1.807) is 0 Å². The molecule has 1 aromatic heterocycles. The van der Waals surface area contributed by atoms with Crippen molar-refractivity contribution in [2.24, 2.45) is 0 Å². The van der Waals surface area contributed by atoms with Crippen LogP contribution in [0.3, 0.4) is 0 Å². The first kappa shape index (κ1) is 13.7. The third kappa shape index (κ3) is 3.22. The van der Waals surface area contributed by atoms with Gasteiger partial charge in [0.15, 0.2) is 0 Å². The Morgan fingerprint density at radius 2 is 2.20 bits per heavy atom. The van der Waals surface area contributed by atoms with Gasteiger partial charge in [0, 0.05) is 23.4 Å². The molecule has 106 valence electrons. The molecular weight excluding hydrogens is 266 g/mol. The largest absolute Gasteiger partial charge is 0.493 e. The molecule has 3 heteroatoms. The van der Waals surface area contributed by atoms with Gasteiger partial charge in [0.1, 0.15) is 5.75 Å². The molecule has 2 nitrogen and oxygen atoms in total. The summed E-state index contributed by atoms with van der Waals surface area (Å²) in [6, 6.07) is 13.3. The monoisotopic (exact) mass is 287 g/mol. The third-order valence-corrected chi connectivity index (χ3v) is 4.78. The van der Waals surface area contributed by atoms with E-state index in [0.29, 0.717) is 12.0 Å². The van der Waals surface area contributed by atoms with E-state index in [9.17, 15) is 0 Å². The Labute approximate surface area is 124 Å². The molecule has 1 aliphatic rings. The average molecular weight is 287 g/mol. The van der Waals surface area contributed by atoms with Crippen LogP contribution in [0.1, 0.15) is 29.7 Å². The summed E-state index contributed by atoms with van der Waals surface area (Å²) in [6.45, 7) is 4.14. The smallest absolute Gasteiger partial charge is 0.122 e. The lowest BCUT2D eigenvalue weighted by atomic mass is 9.93. The molecule has 2 unspecified atom stereocenters. The van der Waals surface area contributed by atoms with Gasteiger partial charge in [0.05, 0.1) is 6.61 Å². The molecule has 1 N–H and O–H groups in total. The number of thiophene rings is 1. The second-order valence-corrected chi connectivity index (χ2v) is 6.50. The van der Waals surface area contributed by atoms with Crippen LogP contribution in [0.25, 0.3) is 0 Å². The zero-order valence-corrected chi connectivity index (χ0v) is 12.7. The van der Waals surface area contributed by atoms with Gasteiger partial charge >= 0.3 is 0 Å². The van der Waals surface area contributed by atoms with Gasteiger partial charge in [-0.05, 0) is 42.8 Å². The highest BCUT2D eigenvalue weighted by atomic mass is 32.1. The summed E-state index contributed by atoms with van der Waals surface area (Å²) < 4.78 is 5.72. The molecule has 2 heterocycles. The summed E-state index contributed by atoms with van der Waals surface area (Å²) in [6.07, 6.45) is 2.22. The van der Waals surface area contributed by atoms with E-state index < -0.39 is 0 Å². The second kappa shape index (κ2) is 6.42. The Bertz CT molecular complexity index is 538. The molecule has 2 atom stereocenters. The molecule has 20 heavy (non-hydrogen) atoms. The number of ether oxygens (including phenoxy) is 1. The zero-order chi connectivity index (χ0) is 13.8. The highest BCUT2D eigenvalue weighted by molar-refractivity contribution is 7.09. The first-order valence-corrected chi connectivity index (χ1v) is 8.18. The fourth-order valence-corrected chi connectivity index (χ4v) is 3.61. The van der Waals surface area contributed by atoms with Crippen LogP contribution >= 0.6 is 11.3 Å². The predicted molar refractivity (Wildman–Crippen MR) is 84.8 cm³/mol. The van der Waals surface area contributed by atoms with Crippen LogP contribution < -0.4 is 10.1 Å². The average Bonchev–Trinajstić information content (AvgIpc) is 2.98. The Balaban J connectivity index is 1.56. The molecule has 0 saturated carbocycles. The molecule has 0 spiro atoms. The maximum atomic E-state index is 5.72. The van der Waals surface area contributed by atoms with Crippen molar-refractivity contribution in [3.8, 4) is 5.75 Å². The molecule has 0 aliphatic carbocycles. The molecule has 2 aromatic rings. The number of fused-ring (bicyclic) bond motifs is 1. The van der Waals surface area contributed by atoms with Crippen LogP contribution in [-0.4, -0.2) is 19.2 Å². The van der Waals surface area contributed by atoms with E-state index in [-0.39, 0.29) is 0 Å². The van der Waals surface area contributed by atoms with E-state index in [0.717, 1.165) is 31.7 Å². The Kier molecular flexibility index (Phi) is 4.38. The standard InChI is InChI=1S/C17H21NOS/c1-13(11-15-5-4-10-20-15)18-12-14-8-9-19-17-7-3-2-6-16(14)17/h2-7,10,13-14,18H,8-9,11-12H2,1H3. The van der Waals surface area contributed by atoms with Gasteiger partial charge < -0.3 is 10.1 Å². The van der Waals surface area contributed by atoms with Crippen LogP contribution in [-0.2, 0) is 6.42 Å². The Morgan fingerprint density at radius 1 is 1.30 bits per heavy atom. The summed E-state index contributed by atoms with van der Waals surface area (Å²) in [7, 11) is 0. The van der Waals surface area contributed by atoms with Crippen molar-refractivity contribution in [2.45, 2.75) is 31.7 Å². The van der Waals surface area contributed by atoms with Crippen molar-refractivity contribution in [3.05, 3.63) is 52.2 Å². The van der Waals surface area contributed by atoms with Gasteiger partial charge in [0.25, 0.3) is 0 Å². The number of benzene rings is 1. The topological polar surface area (TPSA) is 21.3 Å². The molecule has 0 fully saturated rings. The molecule has 0 amide bonds. The number of hydrogen-bond acceptors (Lipinski definition) is 3. The van der Waals surface area contributed by atoms with Crippen molar-refractivity contribution in [1.82, 2.24) is 5.32 Å². The van der Waals surface area contributed by atoms with Gasteiger partial charge in [-0.2, -0.15) is 0 Å². The van der Waals surface area contributed by atoms with Gasteiger partial charge in [-0.15, -0.1) is 11.3 Å². The molecule has 0 saturated heterocycles. The van der Waals surface area contributed by atoms with Crippen LogP contribution in [0, 0.1) is 0 Å². The predicted octanol–water partition coefficient (Wildman–Crippen LogP) is 3.84.